The Hall–Kier alpha value is -1.07. The number of likely N-dealkylation sites (tertiary alicyclic amines) is 1. The van der Waals surface area contributed by atoms with Gasteiger partial charge >= 0.3 is 0 Å². The van der Waals surface area contributed by atoms with Crippen LogP contribution in [-0.4, -0.2) is 42.2 Å². The molecule has 1 amide bonds. The van der Waals surface area contributed by atoms with E-state index < -0.39 is 0 Å². The SMILES string of the molecule is COc1ccc(CCC(=O)N2CCCC(O)C2)cc1Br. The molecule has 1 aliphatic heterocycles. The molecule has 4 nitrogen and oxygen atoms in total. The fraction of sp³-hybridized carbons (Fsp3) is 0.533. The number of methoxy groups -OCH3 is 1. The summed E-state index contributed by atoms with van der Waals surface area (Å²) in [5, 5.41) is 9.59. The minimum atomic E-state index is -0.358. The number of hydrogen-bond donors (Lipinski definition) is 1. The van der Waals surface area contributed by atoms with Crippen LogP contribution in [0.3, 0.4) is 0 Å². The van der Waals surface area contributed by atoms with Crippen molar-refractivity contribution in [2.24, 2.45) is 0 Å². The largest absolute Gasteiger partial charge is 0.496 e. The number of nitrogens with zero attached hydrogens (tertiary/aromatic N) is 1. The van der Waals surface area contributed by atoms with Crippen molar-refractivity contribution in [3.8, 4) is 5.75 Å². The highest BCUT2D eigenvalue weighted by Gasteiger charge is 2.21. The highest BCUT2D eigenvalue weighted by atomic mass is 79.9. The lowest BCUT2D eigenvalue weighted by Crippen LogP contribution is -2.42. The molecule has 1 unspecified atom stereocenters. The second kappa shape index (κ2) is 7.09. The van der Waals surface area contributed by atoms with Crippen molar-refractivity contribution in [3.05, 3.63) is 28.2 Å². The Kier molecular flexibility index (Phi) is 5.43. The first-order valence-corrected chi connectivity index (χ1v) is 7.67. The number of aryl methyl sites for hydroxylation is 1. The van der Waals surface area contributed by atoms with Crippen LogP contribution in [0.1, 0.15) is 24.8 Å². The first kappa shape index (κ1) is 15.3. The summed E-state index contributed by atoms with van der Waals surface area (Å²) in [5.41, 5.74) is 1.10. The van der Waals surface area contributed by atoms with Crippen molar-refractivity contribution in [2.45, 2.75) is 31.8 Å². The molecule has 0 radical (unpaired) electrons. The number of benzene rings is 1. The second-order valence-electron chi connectivity index (χ2n) is 5.10. The lowest BCUT2D eigenvalue weighted by Gasteiger charge is -2.30. The van der Waals surface area contributed by atoms with E-state index in [-0.39, 0.29) is 12.0 Å². The number of aliphatic hydroxyl groups is 1. The molecule has 1 atom stereocenters. The zero-order valence-corrected chi connectivity index (χ0v) is 13.2. The molecule has 1 aromatic carbocycles. The highest BCUT2D eigenvalue weighted by Crippen LogP contribution is 2.26. The molecule has 2 rings (SSSR count). The number of amides is 1. The van der Waals surface area contributed by atoms with Gasteiger partial charge in [0.1, 0.15) is 5.75 Å². The van der Waals surface area contributed by atoms with Gasteiger partial charge in [-0.3, -0.25) is 4.79 Å². The Balaban J connectivity index is 1.88. The van der Waals surface area contributed by atoms with E-state index in [9.17, 15) is 9.90 Å². The average Bonchev–Trinajstić information content (AvgIpc) is 2.45. The molecule has 0 aliphatic carbocycles. The van der Waals surface area contributed by atoms with E-state index in [2.05, 4.69) is 15.9 Å². The van der Waals surface area contributed by atoms with E-state index in [1.165, 1.54) is 0 Å². The first-order chi connectivity index (χ1) is 9.60. The van der Waals surface area contributed by atoms with Crippen LogP contribution >= 0.6 is 15.9 Å². The highest BCUT2D eigenvalue weighted by molar-refractivity contribution is 9.10. The second-order valence-corrected chi connectivity index (χ2v) is 5.96. The standard InChI is InChI=1S/C15H20BrNO3/c1-20-14-6-4-11(9-13(14)16)5-7-15(19)17-8-2-3-12(18)10-17/h4,6,9,12,18H,2-3,5,7-8,10H2,1H3. The molecule has 0 saturated carbocycles. The molecule has 1 fully saturated rings. The van der Waals surface area contributed by atoms with Gasteiger partial charge in [-0.1, -0.05) is 6.07 Å². The van der Waals surface area contributed by atoms with Gasteiger partial charge in [-0.05, 0) is 52.9 Å². The summed E-state index contributed by atoms with van der Waals surface area (Å²) in [5.74, 6) is 0.912. The summed E-state index contributed by atoms with van der Waals surface area (Å²) in [7, 11) is 1.63. The van der Waals surface area contributed by atoms with Crippen LogP contribution in [0.4, 0.5) is 0 Å². The van der Waals surface area contributed by atoms with E-state index in [1.54, 1.807) is 12.0 Å². The number of ether oxygens (including phenoxy) is 1. The lowest BCUT2D eigenvalue weighted by atomic mass is 10.1. The summed E-state index contributed by atoms with van der Waals surface area (Å²) in [6.07, 6.45) is 2.51. The molecule has 20 heavy (non-hydrogen) atoms. The summed E-state index contributed by atoms with van der Waals surface area (Å²) in [4.78, 5) is 13.9. The number of β-amino-alcohol motifs (C(OH)–C–C–N with tert-alkyl or cyclic N) is 1. The molecule has 1 saturated heterocycles. The third-order valence-electron chi connectivity index (χ3n) is 3.59. The Morgan fingerprint density at radius 3 is 3.00 bits per heavy atom. The summed E-state index contributed by atoms with van der Waals surface area (Å²) < 4.78 is 6.08. The number of hydrogen-bond acceptors (Lipinski definition) is 3. The fourth-order valence-electron chi connectivity index (χ4n) is 2.46. The van der Waals surface area contributed by atoms with Crippen molar-refractivity contribution in [1.82, 2.24) is 4.90 Å². The van der Waals surface area contributed by atoms with Crippen LogP contribution in [0.25, 0.3) is 0 Å². The average molecular weight is 342 g/mol. The lowest BCUT2D eigenvalue weighted by molar-refractivity contribution is -0.134. The quantitative estimate of drug-likeness (QED) is 0.914. The molecule has 0 spiro atoms. The van der Waals surface area contributed by atoms with Crippen molar-refractivity contribution in [2.75, 3.05) is 20.2 Å². The van der Waals surface area contributed by atoms with Crippen molar-refractivity contribution < 1.29 is 14.6 Å². The Labute approximate surface area is 127 Å². The van der Waals surface area contributed by atoms with Gasteiger partial charge in [-0.2, -0.15) is 0 Å². The Morgan fingerprint density at radius 1 is 1.55 bits per heavy atom. The maximum Gasteiger partial charge on any atom is 0.222 e. The van der Waals surface area contributed by atoms with E-state index in [4.69, 9.17) is 4.74 Å². The maximum atomic E-state index is 12.1. The molecular weight excluding hydrogens is 322 g/mol. The van der Waals surface area contributed by atoms with Crippen LogP contribution in [-0.2, 0) is 11.2 Å². The smallest absolute Gasteiger partial charge is 0.222 e. The first-order valence-electron chi connectivity index (χ1n) is 6.88. The zero-order chi connectivity index (χ0) is 14.5. The molecule has 1 heterocycles. The fourth-order valence-corrected chi connectivity index (χ4v) is 3.04. The third kappa shape index (κ3) is 3.96. The topological polar surface area (TPSA) is 49.8 Å². The Bertz CT molecular complexity index is 478. The van der Waals surface area contributed by atoms with E-state index in [0.29, 0.717) is 19.4 Å². The van der Waals surface area contributed by atoms with Crippen molar-refractivity contribution in [1.29, 1.82) is 0 Å². The number of piperidine rings is 1. The van der Waals surface area contributed by atoms with Gasteiger partial charge in [-0.25, -0.2) is 0 Å². The van der Waals surface area contributed by atoms with Gasteiger partial charge < -0.3 is 14.7 Å². The van der Waals surface area contributed by atoms with Crippen molar-refractivity contribution >= 4 is 21.8 Å². The minimum Gasteiger partial charge on any atom is -0.496 e. The number of carbonyl (C=O) groups excluding carboxylic acids is 1. The van der Waals surface area contributed by atoms with Crippen LogP contribution in [0.2, 0.25) is 0 Å². The minimum absolute atomic E-state index is 0.121. The Morgan fingerprint density at radius 2 is 2.35 bits per heavy atom. The number of rotatable bonds is 4. The third-order valence-corrected chi connectivity index (χ3v) is 4.21. The van der Waals surface area contributed by atoms with Gasteiger partial charge in [0.15, 0.2) is 0 Å². The summed E-state index contributed by atoms with van der Waals surface area (Å²) in [6.45, 7) is 1.24. The van der Waals surface area contributed by atoms with Gasteiger partial charge in [0.2, 0.25) is 5.91 Å². The maximum absolute atomic E-state index is 12.1. The predicted octanol–water partition coefficient (Wildman–Crippen LogP) is 2.37. The van der Waals surface area contributed by atoms with Gasteiger partial charge in [0.05, 0.1) is 17.7 Å². The van der Waals surface area contributed by atoms with Gasteiger partial charge in [0, 0.05) is 19.5 Å². The summed E-state index contributed by atoms with van der Waals surface area (Å²) >= 11 is 3.45. The molecule has 0 bridgehead atoms. The molecule has 0 aromatic heterocycles. The van der Waals surface area contributed by atoms with Gasteiger partial charge in [-0.15, -0.1) is 0 Å². The van der Waals surface area contributed by atoms with Crippen molar-refractivity contribution in [3.63, 3.8) is 0 Å². The van der Waals surface area contributed by atoms with Gasteiger partial charge in [0.25, 0.3) is 0 Å². The number of carbonyl (C=O) groups is 1. The summed E-state index contributed by atoms with van der Waals surface area (Å²) in [6, 6.07) is 5.85. The molecule has 1 N–H and O–H groups in total. The van der Waals surface area contributed by atoms with E-state index in [0.717, 1.165) is 35.2 Å². The van der Waals surface area contributed by atoms with Crippen LogP contribution in [0, 0.1) is 0 Å². The number of aliphatic hydroxyl groups excluding tert-OH is 1. The van der Waals surface area contributed by atoms with Crippen LogP contribution in [0.15, 0.2) is 22.7 Å². The number of halogens is 1. The van der Waals surface area contributed by atoms with E-state index >= 15 is 0 Å². The molecule has 5 heteroatoms. The normalized spacial score (nSPS) is 18.9. The van der Waals surface area contributed by atoms with E-state index in [1.807, 2.05) is 18.2 Å². The molecule has 1 aromatic rings. The molecule has 110 valence electrons. The predicted molar refractivity (Wildman–Crippen MR) is 80.8 cm³/mol. The molecular formula is C15H20BrNO3. The zero-order valence-electron chi connectivity index (χ0n) is 11.6. The molecule has 1 aliphatic rings. The monoisotopic (exact) mass is 341 g/mol. The van der Waals surface area contributed by atoms with Crippen LogP contribution in [0.5, 0.6) is 5.75 Å². The van der Waals surface area contributed by atoms with Crippen LogP contribution < -0.4 is 4.74 Å².